The number of nitrogens with zero attached hydrogens (tertiary/aromatic N) is 2. The van der Waals surface area contributed by atoms with E-state index in [0.29, 0.717) is 40.9 Å². The predicted octanol–water partition coefficient (Wildman–Crippen LogP) is 2.19. The summed E-state index contributed by atoms with van der Waals surface area (Å²) in [4.78, 5) is 21.8. The first-order chi connectivity index (χ1) is 10.0. The maximum absolute atomic E-state index is 12.1. The van der Waals surface area contributed by atoms with E-state index in [1.54, 1.807) is 18.2 Å². The van der Waals surface area contributed by atoms with Crippen LogP contribution in [-0.4, -0.2) is 40.2 Å². The lowest BCUT2D eigenvalue weighted by molar-refractivity contribution is -0.0534. The van der Waals surface area contributed by atoms with Crippen LogP contribution in [0.5, 0.6) is 0 Å². The van der Waals surface area contributed by atoms with Crippen molar-refractivity contribution < 1.29 is 4.74 Å². The topological polar surface area (TPSA) is 58.2 Å². The van der Waals surface area contributed by atoms with E-state index in [-0.39, 0.29) is 11.7 Å². The smallest absolute Gasteiger partial charge is 0.258 e. The average molecular weight is 308 g/mol. The van der Waals surface area contributed by atoms with Crippen molar-refractivity contribution in [2.24, 2.45) is 0 Å². The zero-order valence-electron chi connectivity index (χ0n) is 12.1. The van der Waals surface area contributed by atoms with Crippen LogP contribution >= 0.6 is 11.6 Å². The molecule has 0 spiro atoms. The summed E-state index contributed by atoms with van der Waals surface area (Å²) in [6.07, 6.45) is 0.197. The second-order valence-corrected chi connectivity index (χ2v) is 6.03. The van der Waals surface area contributed by atoms with Crippen LogP contribution in [0.15, 0.2) is 23.0 Å². The second-order valence-electron chi connectivity index (χ2n) is 5.60. The Balaban J connectivity index is 1.92. The third-order valence-electron chi connectivity index (χ3n) is 3.81. The van der Waals surface area contributed by atoms with Crippen LogP contribution in [0.1, 0.15) is 19.7 Å². The number of H-pyrrole nitrogens is 1. The van der Waals surface area contributed by atoms with Crippen LogP contribution < -0.4 is 5.56 Å². The van der Waals surface area contributed by atoms with Gasteiger partial charge in [0, 0.05) is 17.6 Å². The molecule has 0 amide bonds. The highest BCUT2D eigenvalue weighted by Gasteiger charge is 2.24. The number of ether oxygens (including phenoxy) is 1. The van der Waals surface area contributed by atoms with Gasteiger partial charge in [0.25, 0.3) is 5.56 Å². The first kappa shape index (κ1) is 14.5. The van der Waals surface area contributed by atoms with Crippen LogP contribution in [-0.2, 0) is 11.3 Å². The second kappa shape index (κ2) is 5.75. The maximum Gasteiger partial charge on any atom is 0.258 e. The molecule has 5 nitrogen and oxygen atoms in total. The van der Waals surface area contributed by atoms with Crippen molar-refractivity contribution in [2.75, 3.05) is 13.2 Å². The fraction of sp³-hybridized carbons (Fsp3) is 0.467. The molecule has 1 aromatic heterocycles. The van der Waals surface area contributed by atoms with Gasteiger partial charge in [-0.15, -0.1) is 0 Å². The van der Waals surface area contributed by atoms with Crippen molar-refractivity contribution in [2.45, 2.75) is 32.5 Å². The molecule has 21 heavy (non-hydrogen) atoms. The molecule has 0 saturated carbocycles. The SMILES string of the molecule is CC1CN(Cc2nc3cc(Cl)ccc3c(=O)[nH]2)C(C)CO1. The quantitative estimate of drug-likeness (QED) is 0.924. The lowest BCUT2D eigenvalue weighted by atomic mass is 10.2. The third kappa shape index (κ3) is 3.10. The molecule has 1 aliphatic heterocycles. The summed E-state index contributed by atoms with van der Waals surface area (Å²) in [5, 5.41) is 1.14. The molecule has 1 aromatic carbocycles. The van der Waals surface area contributed by atoms with Gasteiger partial charge in [0.05, 0.1) is 30.2 Å². The number of nitrogens with one attached hydrogen (secondary N) is 1. The molecule has 1 fully saturated rings. The molecule has 0 bridgehead atoms. The summed E-state index contributed by atoms with van der Waals surface area (Å²) in [6.45, 7) is 6.30. The van der Waals surface area contributed by atoms with Crippen molar-refractivity contribution in [3.8, 4) is 0 Å². The minimum Gasteiger partial charge on any atom is -0.376 e. The van der Waals surface area contributed by atoms with Crippen LogP contribution in [0, 0.1) is 0 Å². The van der Waals surface area contributed by atoms with Crippen molar-refractivity contribution in [1.29, 1.82) is 0 Å². The first-order valence-electron chi connectivity index (χ1n) is 7.07. The van der Waals surface area contributed by atoms with Gasteiger partial charge >= 0.3 is 0 Å². The third-order valence-corrected chi connectivity index (χ3v) is 4.04. The zero-order valence-corrected chi connectivity index (χ0v) is 12.9. The van der Waals surface area contributed by atoms with Crippen molar-refractivity contribution >= 4 is 22.5 Å². The average Bonchev–Trinajstić information content (AvgIpc) is 2.42. The molecule has 1 saturated heterocycles. The Hall–Kier alpha value is -1.43. The number of halogens is 1. The number of benzene rings is 1. The Labute approximate surface area is 127 Å². The monoisotopic (exact) mass is 307 g/mol. The molecule has 2 atom stereocenters. The molecule has 6 heteroatoms. The van der Waals surface area contributed by atoms with E-state index < -0.39 is 0 Å². The van der Waals surface area contributed by atoms with E-state index in [1.165, 1.54) is 0 Å². The standard InChI is InChI=1S/C15H18ClN3O2/c1-9-8-21-10(2)6-19(9)7-14-17-13-5-11(16)3-4-12(13)15(20)18-14/h3-5,9-10H,6-8H2,1-2H3,(H,17,18,20). The highest BCUT2D eigenvalue weighted by molar-refractivity contribution is 6.31. The van der Waals surface area contributed by atoms with Crippen LogP contribution in [0.2, 0.25) is 5.02 Å². The molecule has 2 aromatic rings. The lowest BCUT2D eigenvalue weighted by Crippen LogP contribution is -2.47. The predicted molar refractivity (Wildman–Crippen MR) is 82.7 cm³/mol. The summed E-state index contributed by atoms with van der Waals surface area (Å²) in [7, 11) is 0. The minimum absolute atomic E-state index is 0.124. The highest BCUT2D eigenvalue weighted by atomic mass is 35.5. The Morgan fingerprint density at radius 3 is 3.10 bits per heavy atom. The van der Waals surface area contributed by atoms with Gasteiger partial charge in [-0.3, -0.25) is 9.69 Å². The lowest BCUT2D eigenvalue weighted by Gasteiger charge is -2.36. The molecule has 2 unspecified atom stereocenters. The molecule has 1 aliphatic rings. The van der Waals surface area contributed by atoms with Gasteiger partial charge in [-0.2, -0.15) is 0 Å². The van der Waals surface area contributed by atoms with E-state index in [9.17, 15) is 4.79 Å². The molecule has 1 N–H and O–H groups in total. The Morgan fingerprint density at radius 2 is 2.29 bits per heavy atom. The van der Waals surface area contributed by atoms with E-state index in [4.69, 9.17) is 16.3 Å². The number of fused-ring (bicyclic) bond motifs is 1. The van der Waals surface area contributed by atoms with Crippen LogP contribution in [0.4, 0.5) is 0 Å². The summed E-state index contributed by atoms with van der Waals surface area (Å²) in [5.74, 6) is 0.663. The van der Waals surface area contributed by atoms with Gasteiger partial charge in [-0.1, -0.05) is 11.6 Å². The van der Waals surface area contributed by atoms with Gasteiger partial charge in [0.1, 0.15) is 5.82 Å². The summed E-state index contributed by atoms with van der Waals surface area (Å²) < 4.78 is 5.62. The number of rotatable bonds is 2. The van der Waals surface area contributed by atoms with Crippen molar-refractivity contribution in [3.63, 3.8) is 0 Å². The van der Waals surface area contributed by atoms with E-state index >= 15 is 0 Å². The molecule has 0 aliphatic carbocycles. The number of aromatic amines is 1. The Morgan fingerprint density at radius 1 is 1.48 bits per heavy atom. The van der Waals surface area contributed by atoms with Gasteiger partial charge < -0.3 is 9.72 Å². The van der Waals surface area contributed by atoms with Gasteiger partial charge in [0.15, 0.2) is 0 Å². The number of hydrogen-bond donors (Lipinski definition) is 1. The van der Waals surface area contributed by atoms with Crippen molar-refractivity contribution in [3.05, 3.63) is 39.4 Å². The minimum atomic E-state index is -0.124. The Kier molecular flexibility index (Phi) is 3.97. The molecule has 0 radical (unpaired) electrons. The number of hydrogen-bond acceptors (Lipinski definition) is 4. The maximum atomic E-state index is 12.1. The van der Waals surface area contributed by atoms with Gasteiger partial charge in [0.2, 0.25) is 0 Å². The van der Waals surface area contributed by atoms with Crippen molar-refractivity contribution in [1.82, 2.24) is 14.9 Å². The fourth-order valence-electron chi connectivity index (χ4n) is 2.62. The van der Waals surface area contributed by atoms with E-state index in [2.05, 4.69) is 28.7 Å². The van der Waals surface area contributed by atoms with E-state index in [0.717, 1.165) is 6.54 Å². The molecule has 3 rings (SSSR count). The summed E-state index contributed by atoms with van der Waals surface area (Å²) >= 11 is 5.98. The zero-order chi connectivity index (χ0) is 15.0. The molecular weight excluding hydrogens is 290 g/mol. The normalized spacial score (nSPS) is 23.6. The summed E-state index contributed by atoms with van der Waals surface area (Å²) in [6, 6.07) is 5.43. The summed E-state index contributed by atoms with van der Waals surface area (Å²) in [5.41, 5.74) is 0.510. The fourth-order valence-corrected chi connectivity index (χ4v) is 2.79. The largest absolute Gasteiger partial charge is 0.376 e. The highest BCUT2D eigenvalue weighted by Crippen LogP contribution is 2.17. The molecule has 2 heterocycles. The Bertz CT molecular complexity index is 716. The molecule has 112 valence electrons. The molecular formula is C15H18ClN3O2. The van der Waals surface area contributed by atoms with Gasteiger partial charge in [-0.05, 0) is 32.0 Å². The number of morpholine rings is 1. The van der Waals surface area contributed by atoms with Crippen LogP contribution in [0.3, 0.4) is 0 Å². The first-order valence-corrected chi connectivity index (χ1v) is 7.45. The van der Waals surface area contributed by atoms with E-state index in [1.807, 2.05) is 0 Å². The van der Waals surface area contributed by atoms with Gasteiger partial charge in [-0.25, -0.2) is 4.98 Å². The van der Waals surface area contributed by atoms with Crippen LogP contribution in [0.25, 0.3) is 10.9 Å². The number of aromatic nitrogens is 2.